The van der Waals surface area contributed by atoms with Gasteiger partial charge >= 0.3 is 5.97 Å². The SMILES string of the molecule is CCCCCCCCCC/C=C\CCCCCCCCCC(=O)NC(COC1OC(CO)C(OC2OC(CO)C(O)C(OC3(C(=O)O)CC(O)C(NC(C)=O)C(C(O)C(O)CO)O3)C2O)C(O)C1O)C(O)/C=C/CCCCCCCCCCCCCCCCCCCCCC. The van der Waals surface area contributed by atoms with Crippen LogP contribution in [0, 0.1) is 0 Å². The van der Waals surface area contributed by atoms with Gasteiger partial charge < -0.3 is 100 Å². The van der Waals surface area contributed by atoms with Gasteiger partial charge in [-0.05, 0) is 44.9 Å². The molecule has 3 rings (SSSR count). The van der Waals surface area contributed by atoms with E-state index in [2.05, 4.69) is 36.6 Å². The van der Waals surface area contributed by atoms with Gasteiger partial charge in [0.25, 0.3) is 5.79 Å². The molecule has 3 saturated heterocycles. The van der Waals surface area contributed by atoms with Crippen molar-refractivity contribution in [1.82, 2.24) is 10.6 Å². The topological polar surface area (TPSA) is 373 Å². The smallest absolute Gasteiger partial charge is 0.364 e. The number of unbranched alkanes of at least 4 members (excludes halogenated alkanes) is 35. The summed E-state index contributed by atoms with van der Waals surface area (Å²) in [6.07, 6.45) is 24.9. The standard InChI is InChI=1S/C72H132N2O21/c1-4-6-8-10-12-14-16-18-20-22-24-25-26-28-29-31-33-35-37-39-41-43-45-54(79)53(74-59(82)46-44-42-40-38-36-34-32-30-27-23-21-19-17-15-13-11-9-7-5-2)51-90-69-64(86)63(85)66(58(50-77)92-69)93-70-65(87)68(62(84)57(49-76)91-70)95-72(71(88)89)47-55(80)60(73-52(3)78)67(94-72)61(83)56(81)48-75/h23,27,43,45,53-58,60-70,75-77,79-81,83-87H,4-22,24-26,28-42,44,46-51H2,1-3H3,(H,73,78)(H,74,82)(H,88,89)/b27-23-,45-43+. The summed E-state index contributed by atoms with van der Waals surface area (Å²) in [5, 5.41) is 136. The molecular weight excluding hydrogens is 1230 g/mol. The minimum atomic E-state index is -3.08. The van der Waals surface area contributed by atoms with Crippen LogP contribution in [0.2, 0.25) is 0 Å². The van der Waals surface area contributed by atoms with Crippen molar-refractivity contribution in [2.24, 2.45) is 0 Å². The number of carboxylic acid groups (broad SMARTS) is 1. The first kappa shape index (κ1) is 86.4. The Morgan fingerprint density at radius 2 is 0.989 bits per heavy atom. The summed E-state index contributed by atoms with van der Waals surface area (Å²) < 4.78 is 34.8. The van der Waals surface area contributed by atoms with Crippen LogP contribution >= 0.6 is 0 Å². The number of rotatable bonds is 57. The lowest BCUT2D eigenvalue weighted by Gasteiger charge is -2.50. The molecule has 2 amide bonds. The lowest BCUT2D eigenvalue weighted by Crippen LogP contribution is -2.70. The predicted octanol–water partition coefficient (Wildman–Crippen LogP) is 8.01. The minimum absolute atomic E-state index is 0.196. The van der Waals surface area contributed by atoms with Crippen molar-refractivity contribution in [2.75, 3.05) is 26.4 Å². The normalized spacial score (nSPS) is 27.8. The van der Waals surface area contributed by atoms with Crippen LogP contribution in [0.5, 0.6) is 0 Å². The Morgan fingerprint density at radius 1 is 0.547 bits per heavy atom. The van der Waals surface area contributed by atoms with Gasteiger partial charge in [0.1, 0.15) is 67.1 Å². The fraction of sp³-hybridized carbons (Fsp3) is 0.903. The van der Waals surface area contributed by atoms with Crippen molar-refractivity contribution in [3.8, 4) is 0 Å². The molecular formula is C72H132N2O21. The molecule has 23 heteroatoms. The van der Waals surface area contributed by atoms with Gasteiger partial charge in [0.2, 0.25) is 11.8 Å². The minimum Gasteiger partial charge on any atom is -0.477 e. The van der Waals surface area contributed by atoms with Crippen molar-refractivity contribution in [3.63, 3.8) is 0 Å². The Kier molecular flexibility index (Phi) is 47.5. The third-order valence-corrected chi connectivity index (χ3v) is 18.9. The summed E-state index contributed by atoms with van der Waals surface area (Å²) in [6, 6.07) is -2.62. The van der Waals surface area contributed by atoms with Gasteiger partial charge in [-0.2, -0.15) is 0 Å². The lowest BCUT2D eigenvalue weighted by molar-refractivity contribution is -0.386. The van der Waals surface area contributed by atoms with E-state index in [1.807, 2.05) is 6.08 Å². The van der Waals surface area contributed by atoms with E-state index in [1.54, 1.807) is 6.08 Å². The number of aliphatic carboxylic acids is 1. The number of nitrogens with one attached hydrogen (secondary N) is 2. The molecule has 0 spiro atoms. The molecule has 3 fully saturated rings. The average Bonchev–Trinajstić information content (AvgIpc) is 0.758. The first-order valence-electron chi connectivity index (χ1n) is 37.2. The molecule has 0 aliphatic carbocycles. The molecule has 0 aromatic rings. The van der Waals surface area contributed by atoms with Crippen LogP contribution < -0.4 is 10.6 Å². The van der Waals surface area contributed by atoms with E-state index < -0.39 is 155 Å². The quantitative estimate of drug-likeness (QED) is 0.0202. The molecule has 23 nitrogen and oxygen atoms in total. The molecule has 0 aromatic carbocycles. The van der Waals surface area contributed by atoms with Gasteiger partial charge in [-0.25, -0.2) is 4.79 Å². The number of ether oxygens (including phenoxy) is 6. The highest BCUT2D eigenvalue weighted by molar-refractivity contribution is 5.77. The summed E-state index contributed by atoms with van der Waals surface area (Å²) in [5.41, 5.74) is 0. The fourth-order valence-electron chi connectivity index (χ4n) is 12.9. The van der Waals surface area contributed by atoms with Crippen molar-refractivity contribution in [1.29, 1.82) is 0 Å². The van der Waals surface area contributed by atoms with Crippen molar-refractivity contribution in [3.05, 3.63) is 24.3 Å². The second-order valence-electron chi connectivity index (χ2n) is 27.2. The first-order valence-corrected chi connectivity index (χ1v) is 37.2. The van der Waals surface area contributed by atoms with E-state index in [0.29, 0.717) is 12.8 Å². The molecule has 3 aliphatic rings. The van der Waals surface area contributed by atoms with E-state index in [-0.39, 0.29) is 12.3 Å². The third kappa shape index (κ3) is 34.0. The van der Waals surface area contributed by atoms with Gasteiger partial charge in [-0.15, -0.1) is 0 Å². The summed E-state index contributed by atoms with van der Waals surface area (Å²) in [5.74, 6) is -6.14. The van der Waals surface area contributed by atoms with Crippen molar-refractivity contribution >= 4 is 17.8 Å². The van der Waals surface area contributed by atoms with Crippen LogP contribution in [0.25, 0.3) is 0 Å². The van der Waals surface area contributed by atoms with Crippen LogP contribution in [-0.4, -0.2) is 215 Å². The van der Waals surface area contributed by atoms with Gasteiger partial charge in [0.15, 0.2) is 12.6 Å². The van der Waals surface area contributed by atoms with E-state index in [9.17, 15) is 75.7 Å². The summed E-state index contributed by atoms with van der Waals surface area (Å²) in [7, 11) is 0. The number of carbonyl (C=O) groups is 3. The highest BCUT2D eigenvalue weighted by atomic mass is 16.8. The Hall–Kier alpha value is -2.79. The van der Waals surface area contributed by atoms with Crippen LogP contribution in [0.1, 0.15) is 278 Å². The van der Waals surface area contributed by atoms with Gasteiger partial charge in [-0.1, -0.05) is 237 Å². The fourth-order valence-corrected chi connectivity index (χ4v) is 12.9. The van der Waals surface area contributed by atoms with E-state index in [0.717, 1.165) is 77.6 Å². The zero-order chi connectivity index (χ0) is 69.6. The highest BCUT2D eigenvalue weighted by Gasteiger charge is 2.60. The Bertz CT molecular complexity index is 2010. The summed E-state index contributed by atoms with van der Waals surface area (Å²) >= 11 is 0. The van der Waals surface area contributed by atoms with Crippen LogP contribution in [0.4, 0.5) is 0 Å². The van der Waals surface area contributed by atoms with Gasteiger partial charge in [0.05, 0.1) is 50.7 Å². The van der Waals surface area contributed by atoms with Gasteiger partial charge in [-0.3, -0.25) is 9.59 Å². The zero-order valence-corrected chi connectivity index (χ0v) is 58.3. The average molecular weight is 1360 g/mol. The number of hydrogen-bond acceptors (Lipinski definition) is 20. The maximum Gasteiger partial charge on any atom is 0.364 e. The van der Waals surface area contributed by atoms with Crippen LogP contribution in [-0.2, 0) is 42.8 Å². The maximum atomic E-state index is 13.5. The molecule has 95 heavy (non-hydrogen) atoms. The van der Waals surface area contributed by atoms with E-state index in [1.165, 1.54) is 161 Å². The first-order chi connectivity index (χ1) is 45.9. The number of carboxylic acids is 1. The number of allylic oxidation sites excluding steroid dienone is 3. The van der Waals surface area contributed by atoms with E-state index >= 15 is 0 Å². The number of carbonyl (C=O) groups excluding carboxylic acids is 2. The highest BCUT2D eigenvalue weighted by Crippen LogP contribution is 2.39. The van der Waals surface area contributed by atoms with Crippen LogP contribution in [0.3, 0.4) is 0 Å². The van der Waals surface area contributed by atoms with Crippen molar-refractivity contribution in [2.45, 2.75) is 387 Å². The molecule has 0 radical (unpaired) electrons. The number of aliphatic hydroxyl groups excluding tert-OH is 11. The monoisotopic (exact) mass is 1360 g/mol. The Labute approximate surface area is 568 Å². The molecule has 3 heterocycles. The van der Waals surface area contributed by atoms with Crippen LogP contribution in [0.15, 0.2) is 24.3 Å². The summed E-state index contributed by atoms with van der Waals surface area (Å²) in [6.45, 7) is 2.16. The number of amides is 2. The number of hydrogen-bond donors (Lipinski definition) is 14. The maximum absolute atomic E-state index is 13.5. The third-order valence-electron chi connectivity index (χ3n) is 18.9. The molecule has 14 N–H and O–H groups in total. The molecule has 0 saturated carbocycles. The second-order valence-corrected chi connectivity index (χ2v) is 27.2. The predicted molar refractivity (Wildman–Crippen MR) is 361 cm³/mol. The largest absolute Gasteiger partial charge is 0.477 e. The van der Waals surface area contributed by atoms with Gasteiger partial charge in [0, 0.05) is 19.8 Å². The number of aliphatic hydroxyl groups is 11. The Balaban J connectivity index is 1.58. The molecule has 556 valence electrons. The molecule has 18 unspecified atom stereocenters. The molecule has 0 bridgehead atoms. The zero-order valence-electron chi connectivity index (χ0n) is 58.3. The van der Waals surface area contributed by atoms with E-state index in [4.69, 9.17) is 28.4 Å². The molecule has 18 atom stereocenters. The second kappa shape index (κ2) is 52.2. The summed E-state index contributed by atoms with van der Waals surface area (Å²) in [4.78, 5) is 38.6. The molecule has 3 aliphatic heterocycles. The molecule has 0 aromatic heterocycles. The van der Waals surface area contributed by atoms with Crippen molar-refractivity contribution < 1.29 is 104 Å². The Morgan fingerprint density at radius 3 is 1.43 bits per heavy atom. The lowest BCUT2D eigenvalue weighted by atomic mass is 9.88.